The Morgan fingerprint density at radius 1 is 1.13 bits per heavy atom. The summed E-state index contributed by atoms with van der Waals surface area (Å²) in [6, 6.07) is 0.694. The number of anilines is 1. The van der Waals surface area contributed by atoms with Gasteiger partial charge in [0.1, 0.15) is 5.51 Å². The highest BCUT2D eigenvalue weighted by Crippen LogP contribution is 2.36. The van der Waals surface area contributed by atoms with Crippen molar-refractivity contribution in [3.63, 3.8) is 0 Å². The predicted molar refractivity (Wildman–Crippen MR) is 90.0 cm³/mol. The second-order valence-electron chi connectivity index (χ2n) is 7.11. The molecule has 128 valence electrons. The van der Waals surface area contributed by atoms with Crippen LogP contribution < -0.4 is 4.90 Å². The maximum Gasteiger partial charge on any atom is 0.208 e. The van der Waals surface area contributed by atoms with Gasteiger partial charge in [0.25, 0.3) is 0 Å². The molecular weight excluding hydrogens is 312 g/mol. The van der Waals surface area contributed by atoms with Gasteiger partial charge >= 0.3 is 0 Å². The smallest absolute Gasteiger partial charge is 0.208 e. The van der Waals surface area contributed by atoms with Gasteiger partial charge in [-0.15, -0.1) is 10.2 Å². The maximum absolute atomic E-state index is 6.02. The molecule has 1 aromatic heterocycles. The van der Waals surface area contributed by atoms with Crippen molar-refractivity contribution in [2.75, 3.05) is 57.5 Å². The maximum atomic E-state index is 6.02. The van der Waals surface area contributed by atoms with Crippen molar-refractivity contribution in [3.05, 3.63) is 5.51 Å². The number of rotatable bonds is 2. The zero-order valence-corrected chi connectivity index (χ0v) is 14.5. The van der Waals surface area contributed by atoms with Crippen molar-refractivity contribution in [1.29, 1.82) is 0 Å². The molecule has 4 heterocycles. The van der Waals surface area contributed by atoms with E-state index in [1.165, 1.54) is 32.2 Å². The summed E-state index contributed by atoms with van der Waals surface area (Å²) in [6.45, 7) is 7.85. The third-order valence-corrected chi connectivity index (χ3v) is 6.21. The van der Waals surface area contributed by atoms with Crippen molar-refractivity contribution in [3.8, 4) is 0 Å². The van der Waals surface area contributed by atoms with Crippen molar-refractivity contribution in [2.45, 2.75) is 31.7 Å². The van der Waals surface area contributed by atoms with Crippen LogP contribution in [0.4, 0.5) is 5.13 Å². The molecule has 3 aliphatic heterocycles. The number of aromatic nitrogens is 2. The van der Waals surface area contributed by atoms with E-state index in [4.69, 9.17) is 9.47 Å². The molecule has 1 unspecified atom stereocenters. The van der Waals surface area contributed by atoms with Crippen LogP contribution in [-0.2, 0) is 9.47 Å². The number of ether oxygens (including phenoxy) is 2. The molecule has 1 atom stereocenters. The summed E-state index contributed by atoms with van der Waals surface area (Å²) < 4.78 is 11.6. The number of nitrogens with zero attached hydrogens (tertiary/aromatic N) is 4. The van der Waals surface area contributed by atoms with Crippen molar-refractivity contribution < 1.29 is 9.47 Å². The molecule has 7 heteroatoms. The van der Waals surface area contributed by atoms with E-state index in [9.17, 15) is 0 Å². The Hall–Kier alpha value is -0.760. The lowest BCUT2D eigenvalue weighted by Crippen LogP contribution is -2.54. The largest absolute Gasteiger partial charge is 0.381 e. The Morgan fingerprint density at radius 2 is 2.04 bits per heavy atom. The zero-order valence-electron chi connectivity index (χ0n) is 13.7. The standard InChI is InChI=1S/C16H26N4O2S/c1-4-16(10-19(5-1)14-2-7-21-8-3-14)11-20(6-9-22-12-16)15-18-17-13-23-15/h13-14H,1-12H2. The van der Waals surface area contributed by atoms with Crippen LogP contribution in [0.3, 0.4) is 0 Å². The molecule has 0 saturated carbocycles. The lowest BCUT2D eigenvalue weighted by Gasteiger charge is -2.47. The lowest BCUT2D eigenvalue weighted by atomic mass is 9.79. The van der Waals surface area contributed by atoms with Crippen molar-refractivity contribution in [2.24, 2.45) is 5.41 Å². The topological polar surface area (TPSA) is 50.7 Å². The normalized spacial score (nSPS) is 31.4. The molecule has 0 radical (unpaired) electrons. The number of hydrogen-bond acceptors (Lipinski definition) is 7. The minimum atomic E-state index is 0.235. The Kier molecular flexibility index (Phi) is 4.80. The molecule has 1 spiro atoms. The first kappa shape index (κ1) is 15.7. The van der Waals surface area contributed by atoms with E-state index >= 15 is 0 Å². The van der Waals surface area contributed by atoms with Crippen LogP contribution >= 0.6 is 11.3 Å². The quantitative estimate of drug-likeness (QED) is 0.817. The highest BCUT2D eigenvalue weighted by Gasteiger charge is 2.41. The zero-order chi connectivity index (χ0) is 15.5. The van der Waals surface area contributed by atoms with Crippen LogP contribution in [0.5, 0.6) is 0 Å². The molecule has 0 bridgehead atoms. The first-order chi connectivity index (χ1) is 11.3. The average Bonchev–Trinajstić information content (AvgIpc) is 3.06. The van der Waals surface area contributed by atoms with Crippen LogP contribution in [0.25, 0.3) is 0 Å². The lowest BCUT2D eigenvalue weighted by molar-refractivity contribution is -0.0283. The van der Waals surface area contributed by atoms with Crippen LogP contribution in [0.2, 0.25) is 0 Å². The van der Waals surface area contributed by atoms with E-state index in [1.807, 2.05) is 5.51 Å². The van der Waals surface area contributed by atoms with E-state index in [0.29, 0.717) is 6.04 Å². The SMILES string of the molecule is c1nnc(N2CCOCC3(CCCN(C4CCOCC4)C3)C2)s1. The van der Waals surface area contributed by atoms with E-state index in [2.05, 4.69) is 20.0 Å². The van der Waals surface area contributed by atoms with Gasteiger partial charge in [-0.25, -0.2) is 0 Å². The van der Waals surface area contributed by atoms with Gasteiger partial charge in [0, 0.05) is 44.3 Å². The molecule has 6 nitrogen and oxygen atoms in total. The second kappa shape index (κ2) is 7.01. The van der Waals surface area contributed by atoms with Gasteiger partial charge in [-0.3, -0.25) is 4.90 Å². The summed E-state index contributed by atoms with van der Waals surface area (Å²) >= 11 is 1.63. The van der Waals surface area contributed by atoms with Gasteiger partial charge in [-0.2, -0.15) is 0 Å². The van der Waals surface area contributed by atoms with E-state index in [1.54, 1.807) is 11.3 Å². The Morgan fingerprint density at radius 3 is 2.87 bits per heavy atom. The molecule has 1 aromatic rings. The Balaban J connectivity index is 1.48. The van der Waals surface area contributed by atoms with Crippen molar-refractivity contribution in [1.82, 2.24) is 15.1 Å². The molecule has 0 aliphatic carbocycles. The van der Waals surface area contributed by atoms with Crippen LogP contribution in [0, 0.1) is 5.41 Å². The number of hydrogen-bond donors (Lipinski definition) is 0. The fraction of sp³-hybridized carbons (Fsp3) is 0.875. The minimum absolute atomic E-state index is 0.235. The summed E-state index contributed by atoms with van der Waals surface area (Å²) in [5.41, 5.74) is 2.06. The molecule has 0 amide bonds. The summed E-state index contributed by atoms with van der Waals surface area (Å²) in [4.78, 5) is 5.09. The predicted octanol–water partition coefficient (Wildman–Crippen LogP) is 1.64. The van der Waals surface area contributed by atoms with Crippen LogP contribution in [0.15, 0.2) is 5.51 Å². The van der Waals surface area contributed by atoms with Crippen LogP contribution in [-0.4, -0.2) is 73.7 Å². The molecule has 4 rings (SSSR count). The van der Waals surface area contributed by atoms with Crippen molar-refractivity contribution >= 4 is 16.5 Å². The first-order valence-electron chi connectivity index (χ1n) is 8.75. The highest BCUT2D eigenvalue weighted by molar-refractivity contribution is 7.13. The van der Waals surface area contributed by atoms with E-state index in [-0.39, 0.29) is 5.41 Å². The third-order valence-electron chi connectivity index (χ3n) is 5.46. The molecule has 23 heavy (non-hydrogen) atoms. The van der Waals surface area contributed by atoms with Gasteiger partial charge in [0.15, 0.2) is 0 Å². The molecule has 0 aromatic carbocycles. The molecular formula is C16H26N4O2S. The minimum Gasteiger partial charge on any atom is -0.381 e. The fourth-order valence-corrected chi connectivity index (χ4v) is 4.90. The number of likely N-dealkylation sites (tertiary alicyclic amines) is 1. The van der Waals surface area contributed by atoms with Gasteiger partial charge in [0.2, 0.25) is 5.13 Å². The molecule has 0 N–H and O–H groups in total. The van der Waals surface area contributed by atoms with E-state index in [0.717, 1.165) is 51.2 Å². The molecule has 3 aliphatic rings. The van der Waals surface area contributed by atoms with Gasteiger partial charge in [-0.05, 0) is 32.2 Å². The van der Waals surface area contributed by atoms with Gasteiger partial charge in [-0.1, -0.05) is 11.3 Å². The Labute approximate surface area is 141 Å². The van der Waals surface area contributed by atoms with Crippen LogP contribution in [0.1, 0.15) is 25.7 Å². The number of piperidine rings is 1. The third kappa shape index (κ3) is 3.52. The molecule has 3 saturated heterocycles. The van der Waals surface area contributed by atoms with Gasteiger partial charge < -0.3 is 14.4 Å². The second-order valence-corrected chi connectivity index (χ2v) is 7.92. The summed E-state index contributed by atoms with van der Waals surface area (Å²) in [5.74, 6) is 0. The highest BCUT2D eigenvalue weighted by atomic mass is 32.1. The molecule has 3 fully saturated rings. The Bertz CT molecular complexity index is 494. The first-order valence-corrected chi connectivity index (χ1v) is 9.63. The monoisotopic (exact) mass is 338 g/mol. The average molecular weight is 338 g/mol. The summed E-state index contributed by atoms with van der Waals surface area (Å²) in [6.07, 6.45) is 4.88. The summed E-state index contributed by atoms with van der Waals surface area (Å²) in [5, 5.41) is 9.33. The van der Waals surface area contributed by atoms with Gasteiger partial charge in [0.05, 0.1) is 13.2 Å². The van der Waals surface area contributed by atoms with E-state index < -0.39 is 0 Å². The summed E-state index contributed by atoms with van der Waals surface area (Å²) in [7, 11) is 0. The fourth-order valence-electron chi connectivity index (χ4n) is 4.32.